The Morgan fingerprint density at radius 1 is 1.36 bits per heavy atom. The van der Waals surface area contributed by atoms with Crippen molar-refractivity contribution in [2.75, 3.05) is 0 Å². The predicted molar refractivity (Wildman–Crippen MR) is 54.8 cm³/mol. The second kappa shape index (κ2) is 4.58. The monoisotopic (exact) mass is 197 g/mol. The van der Waals surface area contributed by atoms with Crippen LogP contribution >= 0.6 is 0 Å². The van der Waals surface area contributed by atoms with Gasteiger partial charge < -0.3 is 5.32 Å². The summed E-state index contributed by atoms with van der Waals surface area (Å²) in [7, 11) is 0. The van der Waals surface area contributed by atoms with E-state index in [9.17, 15) is 9.59 Å². The molecule has 0 aromatic rings. The highest BCUT2D eigenvalue weighted by atomic mass is 16.2. The first-order valence-electron chi connectivity index (χ1n) is 5.39. The molecule has 3 nitrogen and oxygen atoms in total. The van der Waals surface area contributed by atoms with Gasteiger partial charge in [-0.15, -0.1) is 0 Å². The molecule has 0 aromatic carbocycles. The number of carbonyl (C=O) groups excluding carboxylic acids is 2. The zero-order chi connectivity index (χ0) is 10.7. The highest BCUT2D eigenvalue weighted by molar-refractivity contribution is 5.89. The number of nitrogens with one attached hydrogen (secondary N) is 1. The second-order valence-corrected chi connectivity index (χ2v) is 4.18. The lowest BCUT2D eigenvalue weighted by Gasteiger charge is -2.15. The van der Waals surface area contributed by atoms with Crippen LogP contribution in [-0.2, 0) is 9.59 Å². The smallest absolute Gasteiger partial charge is 0.223 e. The molecule has 1 rings (SSSR count). The lowest BCUT2D eigenvalue weighted by molar-refractivity contribution is -0.129. The van der Waals surface area contributed by atoms with Crippen LogP contribution < -0.4 is 5.32 Å². The third-order valence-electron chi connectivity index (χ3n) is 2.93. The molecule has 1 amide bonds. The molecule has 0 spiro atoms. The topological polar surface area (TPSA) is 46.2 Å². The molecule has 2 atom stereocenters. The lowest BCUT2D eigenvalue weighted by Crippen LogP contribution is -2.41. The Bertz CT molecular complexity index is 233. The van der Waals surface area contributed by atoms with Gasteiger partial charge in [0.2, 0.25) is 5.91 Å². The summed E-state index contributed by atoms with van der Waals surface area (Å²) in [6, 6.07) is -0.325. The summed E-state index contributed by atoms with van der Waals surface area (Å²) in [5.41, 5.74) is 0. The largest absolute Gasteiger partial charge is 0.346 e. The van der Waals surface area contributed by atoms with Gasteiger partial charge in [0, 0.05) is 12.3 Å². The van der Waals surface area contributed by atoms with Crippen molar-refractivity contribution in [3.63, 3.8) is 0 Å². The van der Waals surface area contributed by atoms with E-state index in [2.05, 4.69) is 5.32 Å². The molecular formula is C11H19NO2. The fourth-order valence-corrected chi connectivity index (χ4v) is 1.54. The van der Waals surface area contributed by atoms with Gasteiger partial charge in [-0.3, -0.25) is 9.59 Å². The van der Waals surface area contributed by atoms with Crippen LogP contribution in [0.1, 0.15) is 40.0 Å². The molecule has 1 N–H and O–H groups in total. The Hall–Kier alpha value is -0.860. The van der Waals surface area contributed by atoms with E-state index in [0.29, 0.717) is 12.3 Å². The zero-order valence-corrected chi connectivity index (χ0v) is 9.17. The molecule has 0 radical (unpaired) electrons. The van der Waals surface area contributed by atoms with Gasteiger partial charge in [0.25, 0.3) is 0 Å². The van der Waals surface area contributed by atoms with E-state index in [1.807, 2.05) is 13.8 Å². The van der Waals surface area contributed by atoms with Crippen LogP contribution in [0.3, 0.4) is 0 Å². The van der Waals surface area contributed by atoms with E-state index in [1.54, 1.807) is 6.92 Å². The maximum atomic E-state index is 11.6. The van der Waals surface area contributed by atoms with Crippen LogP contribution in [0.15, 0.2) is 0 Å². The number of hydrogen-bond donors (Lipinski definition) is 1. The van der Waals surface area contributed by atoms with E-state index < -0.39 is 0 Å². The van der Waals surface area contributed by atoms with E-state index in [0.717, 1.165) is 12.8 Å². The van der Waals surface area contributed by atoms with Crippen molar-refractivity contribution in [2.45, 2.75) is 46.1 Å². The van der Waals surface area contributed by atoms with Crippen LogP contribution in [0.25, 0.3) is 0 Å². The van der Waals surface area contributed by atoms with Crippen molar-refractivity contribution in [3.05, 3.63) is 0 Å². The molecule has 0 bridgehead atoms. The van der Waals surface area contributed by atoms with E-state index in [1.165, 1.54) is 0 Å². The molecule has 0 heterocycles. The quantitative estimate of drug-likeness (QED) is 0.726. The number of rotatable bonds is 5. The summed E-state index contributed by atoms with van der Waals surface area (Å²) in [6.45, 7) is 5.51. The number of Topliss-reactive ketones (excluding diaryl/α,β-unsaturated/α-hetero) is 1. The standard InChI is InChI=1S/C11H19NO2/c1-4-10(13)8(3)12-11(14)7(2)9-5-6-9/h7-9H,4-6H2,1-3H3,(H,12,14). The highest BCUT2D eigenvalue weighted by Gasteiger charge is 2.33. The van der Waals surface area contributed by atoms with Crippen molar-refractivity contribution < 1.29 is 9.59 Å². The van der Waals surface area contributed by atoms with Crippen LogP contribution in [-0.4, -0.2) is 17.7 Å². The zero-order valence-electron chi connectivity index (χ0n) is 9.17. The number of carbonyl (C=O) groups is 2. The van der Waals surface area contributed by atoms with Crippen molar-refractivity contribution in [3.8, 4) is 0 Å². The van der Waals surface area contributed by atoms with Gasteiger partial charge in [-0.2, -0.15) is 0 Å². The fourth-order valence-electron chi connectivity index (χ4n) is 1.54. The minimum atomic E-state index is -0.325. The molecule has 14 heavy (non-hydrogen) atoms. The molecular weight excluding hydrogens is 178 g/mol. The normalized spacial score (nSPS) is 19.9. The second-order valence-electron chi connectivity index (χ2n) is 4.18. The summed E-state index contributed by atoms with van der Waals surface area (Å²) in [5.74, 6) is 0.754. The molecule has 1 fully saturated rings. The molecule has 1 aliphatic carbocycles. The highest BCUT2D eigenvalue weighted by Crippen LogP contribution is 2.36. The van der Waals surface area contributed by atoms with Gasteiger partial charge in [-0.25, -0.2) is 0 Å². The van der Waals surface area contributed by atoms with Crippen molar-refractivity contribution in [2.24, 2.45) is 11.8 Å². The van der Waals surface area contributed by atoms with E-state index >= 15 is 0 Å². The third kappa shape index (κ3) is 2.82. The first-order valence-corrected chi connectivity index (χ1v) is 5.39. The Labute approximate surface area is 85.3 Å². The van der Waals surface area contributed by atoms with Crippen LogP contribution in [0, 0.1) is 11.8 Å². The van der Waals surface area contributed by atoms with E-state index in [-0.39, 0.29) is 23.7 Å². The van der Waals surface area contributed by atoms with Crippen molar-refractivity contribution in [1.82, 2.24) is 5.32 Å². The molecule has 80 valence electrons. The molecule has 1 aliphatic rings. The molecule has 0 saturated heterocycles. The first-order chi connectivity index (χ1) is 6.56. The molecule has 2 unspecified atom stereocenters. The molecule has 1 saturated carbocycles. The number of hydrogen-bond acceptors (Lipinski definition) is 2. The Kier molecular flexibility index (Phi) is 3.67. The predicted octanol–water partition coefficient (Wildman–Crippen LogP) is 1.52. The summed E-state index contributed by atoms with van der Waals surface area (Å²) in [5, 5.41) is 2.76. The van der Waals surface area contributed by atoms with Gasteiger partial charge in [-0.05, 0) is 25.7 Å². The van der Waals surface area contributed by atoms with Gasteiger partial charge in [0.15, 0.2) is 5.78 Å². The summed E-state index contributed by atoms with van der Waals surface area (Å²) < 4.78 is 0. The Balaban J connectivity index is 2.35. The van der Waals surface area contributed by atoms with Crippen LogP contribution in [0.5, 0.6) is 0 Å². The average molecular weight is 197 g/mol. The van der Waals surface area contributed by atoms with Crippen LogP contribution in [0.4, 0.5) is 0 Å². The van der Waals surface area contributed by atoms with Gasteiger partial charge in [0.1, 0.15) is 0 Å². The Morgan fingerprint density at radius 3 is 2.36 bits per heavy atom. The van der Waals surface area contributed by atoms with Gasteiger partial charge in [0.05, 0.1) is 6.04 Å². The summed E-state index contributed by atoms with van der Waals surface area (Å²) in [4.78, 5) is 22.8. The van der Waals surface area contributed by atoms with Crippen molar-refractivity contribution in [1.29, 1.82) is 0 Å². The SMILES string of the molecule is CCC(=O)C(C)NC(=O)C(C)C1CC1. The summed E-state index contributed by atoms with van der Waals surface area (Å²) >= 11 is 0. The molecule has 0 aromatic heterocycles. The lowest BCUT2D eigenvalue weighted by atomic mass is 10.0. The minimum absolute atomic E-state index is 0.0294. The molecule has 3 heteroatoms. The van der Waals surface area contributed by atoms with Gasteiger partial charge in [-0.1, -0.05) is 13.8 Å². The third-order valence-corrected chi connectivity index (χ3v) is 2.93. The molecule has 0 aliphatic heterocycles. The first kappa shape index (κ1) is 11.2. The van der Waals surface area contributed by atoms with Crippen LogP contribution in [0.2, 0.25) is 0 Å². The maximum Gasteiger partial charge on any atom is 0.223 e. The summed E-state index contributed by atoms with van der Waals surface area (Å²) in [6.07, 6.45) is 2.80. The number of ketones is 1. The number of amides is 1. The Morgan fingerprint density at radius 2 is 1.93 bits per heavy atom. The fraction of sp³-hybridized carbons (Fsp3) is 0.818. The van der Waals surface area contributed by atoms with Gasteiger partial charge >= 0.3 is 0 Å². The maximum absolute atomic E-state index is 11.6. The minimum Gasteiger partial charge on any atom is -0.346 e. The average Bonchev–Trinajstić information content (AvgIpc) is 2.98. The van der Waals surface area contributed by atoms with E-state index in [4.69, 9.17) is 0 Å². The van der Waals surface area contributed by atoms with Crippen molar-refractivity contribution >= 4 is 11.7 Å².